The molecule has 2 aliphatic rings. The van der Waals surface area contributed by atoms with Crippen LogP contribution in [-0.4, -0.2) is 134 Å². The van der Waals surface area contributed by atoms with Crippen molar-refractivity contribution in [3.8, 4) is 11.4 Å². The Kier molecular flexibility index (Phi) is 12.0. The Hall–Kier alpha value is -5.53. The van der Waals surface area contributed by atoms with E-state index >= 15 is 0 Å². The van der Waals surface area contributed by atoms with Crippen molar-refractivity contribution in [3.05, 3.63) is 76.1 Å². The lowest BCUT2D eigenvalue weighted by Crippen LogP contribution is -2.56. The van der Waals surface area contributed by atoms with E-state index in [1.807, 2.05) is 7.05 Å². The van der Waals surface area contributed by atoms with Crippen molar-refractivity contribution in [2.24, 2.45) is 11.7 Å². The number of piperazine rings is 1. The lowest BCUT2D eigenvalue weighted by molar-refractivity contribution is -0.907. The van der Waals surface area contributed by atoms with Gasteiger partial charge in [0.05, 0.1) is 48.3 Å². The number of anilines is 2. The first kappa shape index (κ1) is 40.1. The summed E-state index contributed by atoms with van der Waals surface area (Å²) in [7, 11) is 1.89. The lowest BCUT2D eigenvalue weighted by Gasteiger charge is -2.41. The average Bonchev–Trinajstić information content (AvgIpc) is 3.82. The van der Waals surface area contributed by atoms with Gasteiger partial charge in [0.25, 0.3) is 11.8 Å². The van der Waals surface area contributed by atoms with Crippen molar-refractivity contribution in [2.75, 3.05) is 76.6 Å². The molecule has 0 spiro atoms. The number of halogens is 4. The zero-order valence-corrected chi connectivity index (χ0v) is 31.2. The number of hydrogen-bond donors (Lipinski definition) is 6. The molecular formula is C36H42ClF3N11O5+. The zero-order valence-electron chi connectivity index (χ0n) is 30.5. The number of benzene rings is 1. The number of H-pyrrole nitrogens is 2. The van der Waals surface area contributed by atoms with Gasteiger partial charge in [-0.15, -0.1) is 0 Å². The molecule has 0 atom stereocenters. The third-order valence-corrected chi connectivity index (χ3v) is 10.4. The minimum Gasteiger partial charge on any atom is -0.477 e. The normalized spacial score (nSPS) is 18.8. The van der Waals surface area contributed by atoms with E-state index in [0.29, 0.717) is 75.4 Å². The van der Waals surface area contributed by atoms with Crippen LogP contribution in [0.4, 0.5) is 24.5 Å². The van der Waals surface area contributed by atoms with Crippen molar-refractivity contribution >= 4 is 46.7 Å². The van der Waals surface area contributed by atoms with Gasteiger partial charge < -0.3 is 40.7 Å². The highest BCUT2D eigenvalue weighted by Crippen LogP contribution is 2.36. The number of likely N-dealkylation sites (tertiary alicyclic amines) is 1. The number of carbonyl (C=O) groups excluding carboxylic acids is 3. The number of piperidine rings is 1. The number of nitrogens with zero attached hydrogens (tertiary/aromatic N) is 6. The molecule has 1 aromatic carbocycles. The number of carboxylic acids is 1. The largest absolute Gasteiger partial charge is 0.477 e. The van der Waals surface area contributed by atoms with E-state index in [2.05, 4.69) is 35.8 Å². The van der Waals surface area contributed by atoms with Crippen molar-refractivity contribution in [1.29, 1.82) is 0 Å². The highest BCUT2D eigenvalue weighted by Gasteiger charge is 2.39. The van der Waals surface area contributed by atoms with Crippen LogP contribution in [0.3, 0.4) is 0 Å². The SMILES string of the molecule is C[N+]1(CC(=O)O)CCC(C(=O)N2CCN(C(=O)c3ccc(NC(=O)c4ncc(Cc5c(-c6ccc(NCCN)cn6)n[nH]c5C(F)(F)F)[nH]4)cc3Cl)CC2)CC1. The first-order chi connectivity index (χ1) is 26.6. The second-order valence-corrected chi connectivity index (χ2v) is 14.6. The Morgan fingerprint density at radius 1 is 1.02 bits per heavy atom. The first-order valence-electron chi connectivity index (χ1n) is 18.0. The third-order valence-electron chi connectivity index (χ3n) is 10.1. The molecule has 2 saturated heterocycles. The van der Waals surface area contributed by atoms with Gasteiger partial charge in [-0.3, -0.25) is 24.5 Å². The highest BCUT2D eigenvalue weighted by atomic mass is 35.5. The van der Waals surface area contributed by atoms with Gasteiger partial charge in [0.1, 0.15) is 11.4 Å². The van der Waals surface area contributed by atoms with Gasteiger partial charge in [-0.05, 0) is 30.3 Å². The molecule has 0 unspecified atom stereocenters. The molecule has 56 heavy (non-hydrogen) atoms. The Morgan fingerprint density at radius 3 is 2.34 bits per heavy atom. The Bertz CT molecular complexity index is 2070. The molecule has 7 N–H and O–H groups in total. The Morgan fingerprint density at radius 2 is 1.71 bits per heavy atom. The lowest BCUT2D eigenvalue weighted by atomic mass is 9.93. The van der Waals surface area contributed by atoms with Gasteiger partial charge in [-0.25, -0.2) is 9.78 Å². The number of rotatable bonds is 12. The molecule has 0 saturated carbocycles. The van der Waals surface area contributed by atoms with Gasteiger partial charge in [0, 0.05) is 87.6 Å². The number of alkyl halides is 3. The van der Waals surface area contributed by atoms with E-state index in [-0.39, 0.29) is 75.4 Å². The van der Waals surface area contributed by atoms with Crippen molar-refractivity contribution in [1.82, 2.24) is 34.9 Å². The maximum Gasteiger partial charge on any atom is 0.433 e. The standard InChI is InChI=1S/C36H41ClF3N11O5/c1-51(20-29(52)53)14-6-21(7-15-51)34(55)49-10-12-50(13-11-49)35(56)25-4-2-22(17-27(25)37)46-33(54)32-44-19-24(45-32)16-26-30(47-48-31(26)36(38,39)40)28-5-3-23(18-43-28)42-9-8-41/h2-5,17-19,21H,6-16,20,41H2,1H3,(H4-,42,43,44,45,46,47,48,52,53,54,56)/p+1. The number of quaternary nitrogens is 1. The van der Waals surface area contributed by atoms with Crippen LogP contribution in [0.2, 0.25) is 5.02 Å². The quantitative estimate of drug-likeness (QED) is 0.115. The summed E-state index contributed by atoms with van der Waals surface area (Å²) in [5.41, 5.74) is 5.77. The van der Waals surface area contributed by atoms with E-state index in [1.165, 1.54) is 36.7 Å². The summed E-state index contributed by atoms with van der Waals surface area (Å²) < 4.78 is 42.3. The maximum atomic E-state index is 14.0. The summed E-state index contributed by atoms with van der Waals surface area (Å²) in [5.74, 6) is -2.21. The van der Waals surface area contributed by atoms with E-state index in [4.69, 9.17) is 17.3 Å². The number of hydrogen-bond acceptors (Lipinski definition) is 9. The third kappa shape index (κ3) is 9.28. The highest BCUT2D eigenvalue weighted by molar-refractivity contribution is 6.34. The van der Waals surface area contributed by atoms with E-state index in [1.54, 1.807) is 15.9 Å². The molecule has 5 heterocycles. The van der Waals surface area contributed by atoms with Gasteiger partial charge in [-0.1, -0.05) is 11.6 Å². The summed E-state index contributed by atoms with van der Waals surface area (Å²) in [6, 6.07) is 7.58. The van der Waals surface area contributed by atoms with Gasteiger partial charge >= 0.3 is 12.1 Å². The van der Waals surface area contributed by atoms with Crippen LogP contribution in [0.1, 0.15) is 50.8 Å². The predicted molar refractivity (Wildman–Crippen MR) is 199 cm³/mol. The summed E-state index contributed by atoms with van der Waals surface area (Å²) in [4.78, 5) is 65.4. The van der Waals surface area contributed by atoms with Crippen LogP contribution >= 0.6 is 11.6 Å². The van der Waals surface area contributed by atoms with Crippen molar-refractivity contribution in [3.63, 3.8) is 0 Å². The van der Waals surface area contributed by atoms with Crippen molar-refractivity contribution in [2.45, 2.75) is 25.4 Å². The molecule has 2 aliphatic heterocycles. The van der Waals surface area contributed by atoms with Crippen LogP contribution in [-0.2, 0) is 22.2 Å². The van der Waals surface area contributed by atoms with Gasteiger partial charge in [0.2, 0.25) is 5.91 Å². The summed E-state index contributed by atoms with van der Waals surface area (Å²) >= 11 is 6.50. The second-order valence-electron chi connectivity index (χ2n) is 14.2. The van der Waals surface area contributed by atoms with E-state index < -0.39 is 23.7 Å². The second kappa shape index (κ2) is 16.7. The number of nitrogens with two attached hydrogens (primary N) is 1. The molecular weight excluding hydrogens is 759 g/mol. The molecule has 20 heteroatoms. The van der Waals surface area contributed by atoms with Gasteiger partial charge in [-0.2, -0.15) is 18.3 Å². The Labute approximate surface area is 324 Å². The van der Waals surface area contributed by atoms with Crippen molar-refractivity contribution < 1.29 is 41.9 Å². The van der Waals surface area contributed by atoms with Crippen LogP contribution in [0.15, 0.2) is 42.7 Å². The number of imidazole rings is 1. The molecule has 0 aliphatic carbocycles. The fourth-order valence-corrected chi connectivity index (χ4v) is 7.29. The molecule has 4 aromatic rings. The number of aromatic nitrogens is 5. The minimum atomic E-state index is -4.74. The predicted octanol–water partition coefficient (Wildman–Crippen LogP) is 3.31. The van der Waals surface area contributed by atoms with E-state index in [9.17, 15) is 37.5 Å². The maximum absolute atomic E-state index is 14.0. The fraction of sp³-hybridized carbons (Fsp3) is 0.417. The van der Waals surface area contributed by atoms with Gasteiger partial charge in [0.15, 0.2) is 12.4 Å². The van der Waals surface area contributed by atoms with Crippen LogP contribution in [0.5, 0.6) is 0 Å². The van der Waals surface area contributed by atoms with Crippen LogP contribution in [0.25, 0.3) is 11.4 Å². The van der Waals surface area contributed by atoms with Crippen LogP contribution < -0.4 is 16.4 Å². The molecule has 3 aromatic heterocycles. The number of pyridine rings is 1. The fourth-order valence-electron chi connectivity index (χ4n) is 7.03. The number of carboxylic acid groups (broad SMARTS) is 1. The number of aromatic amines is 2. The number of likely N-dealkylation sites (N-methyl/N-ethyl adjacent to an activating group) is 1. The van der Waals surface area contributed by atoms with E-state index in [0.717, 1.165) is 0 Å². The topological polar surface area (TPSA) is 215 Å². The summed E-state index contributed by atoms with van der Waals surface area (Å²) in [6.07, 6.45) is -1.09. The molecule has 16 nitrogen and oxygen atoms in total. The first-order valence-corrected chi connectivity index (χ1v) is 18.3. The molecule has 2 fully saturated rings. The molecule has 298 valence electrons. The molecule has 0 radical (unpaired) electrons. The smallest absolute Gasteiger partial charge is 0.433 e. The molecule has 0 bridgehead atoms. The minimum absolute atomic E-state index is 0.00893. The molecule has 3 amide bonds. The molecule has 6 rings (SSSR count). The van der Waals surface area contributed by atoms with Crippen LogP contribution in [0, 0.1) is 5.92 Å². The average molecular weight is 801 g/mol. The monoisotopic (exact) mass is 800 g/mol. The number of aliphatic carboxylic acids is 1. The summed E-state index contributed by atoms with van der Waals surface area (Å²) in [6.45, 7) is 3.46. The zero-order chi connectivity index (χ0) is 40.2. The number of nitrogens with one attached hydrogen (secondary N) is 4. The number of carbonyl (C=O) groups is 4. The Balaban J connectivity index is 1.05. The summed E-state index contributed by atoms with van der Waals surface area (Å²) in [5, 5.41) is 20.9. The number of amides is 3.